The minimum absolute atomic E-state index is 0.0684. The van der Waals surface area contributed by atoms with E-state index in [0.717, 1.165) is 9.87 Å². The van der Waals surface area contributed by atoms with E-state index in [2.05, 4.69) is 5.16 Å². The third-order valence-corrected chi connectivity index (χ3v) is 5.04. The number of rotatable bonds is 4. The van der Waals surface area contributed by atoms with Gasteiger partial charge in [0.1, 0.15) is 5.76 Å². The first kappa shape index (κ1) is 15.5. The van der Waals surface area contributed by atoms with Crippen LogP contribution in [0, 0.1) is 13.8 Å². The van der Waals surface area contributed by atoms with Crippen LogP contribution in [0.2, 0.25) is 0 Å². The van der Waals surface area contributed by atoms with Crippen LogP contribution in [0.3, 0.4) is 0 Å². The Morgan fingerprint density at radius 3 is 2.48 bits per heavy atom. The van der Waals surface area contributed by atoms with Gasteiger partial charge in [-0.3, -0.25) is 4.79 Å². The minimum Gasteiger partial charge on any atom is -0.361 e. The van der Waals surface area contributed by atoms with Gasteiger partial charge in [0, 0.05) is 31.9 Å². The van der Waals surface area contributed by atoms with Crippen molar-refractivity contribution in [1.29, 1.82) is 0 Å². The lowest BCUT2D eigenvalue weighted by Gasteiger charge is -2.13. The number of aromatic nitrogens is 2. The molecule has 2 rings (SSSR count). The molecule has 0 spiro atoms. The van der Waals surface area contributed by atoms with Crippen molar-refractivity contribution in [2.24, 2.45) is 0 Å². The number of sulfonamides is 1. The van der Waals surface area contributed by atoms with Gasteiger partial charge < -0.3 is 9.09 Å². The fraction of sp³-hybridized carbons (Fsp3) is 0.385. The lowest BCUT2D eigenvalue weighted by atomic mass is 10.2. The van der Waals surface area contributed by atoms with Gasteiger partial charge in [0.15, 0.2) is 0 Å². The summed E-state index contributed by atoms with van der Waals surface area (Å²) in [4.78, 5) is 12.0. The number of hydrogen-bond donors (Lipinski definition) is 0. The van der Waals surface area contributed by atoms with Crippen LogP contribution in [0.1, 0.15) is 17.0 Å². The summed E-state index contributed by atoms with van der Waals surface area (Å²) in [5.74, 6) is 0.611. The molecule has 0 radical (unpaired) electrons. The molecule has 0 aliphatic rings. The second-order valence-electron chi connectivity index (χ2n) is 4.92. The minimum atomic E-state index is -3.58. The van der Waals surface area contributed by atoms with E-state index in [-0.39, 0.29) is 17.0 Å². The molecule has 0 aromatic carbocycles. The molecule has 0 aliphatic heterocycles. The van der Waals surface area contributed by atoms with E-state index in [1.54, 1.807) is 13.8 Å². The highest BCUT2D eigenvalue weighted by Gasteiger charge is 2.19. The second-order valence-corrected chi connectivity index (χ2v) is 7.07. The average Bonchev–Trinajstić information content (AvgIpc) is 2.72. The van der Waals surface area contributed by atoms with Gasteiger partial charge in [-0.15, -0.1) is 0 Å². The molecule has 0 atom stereocenters. The summed E-state index contributed by atoms with van der Waals surface area (Å²) in [7, 11) is -0.694. The maximum Gasteiger partial charge on any atom is 0.250 e. The highest BCUT2D eigenvalue weighted by atomic mass is 32.2. The lowest BCUT2D eigenvalue weighted by Crippen LogP contribution is -2.26. The van der Waals surface area contributed by atoms with E-state index in [1.165, 1.54) is 37.0 Å². The Hall–Kier alpha value is -1.93. The molecule has 0 saturated carbocycles. The first-order chi connectivity index (χ1) is 9.73. The van der Waals surface area contributed by atoms with Gasteiger partial charge in [-0.25, -0.2) is 12.7 Å². The monoisotopic (exact) mass is 311 g/mol. The fourth-order valence-corrected chi connectivity index (χ4v) is 2.82. The van der Waals surface area contributed by atoms with Gasteiger partial charge in [0.05, 0.1) is 17.1 Å². The second kappa shape index (κ2) is 5.45. The van der Waals surface area contributed by atoms with E-state index >= 15 is 0 Å². The predicted molar refractivity (Wildman–Crippen MR) is 76.7 cm³/mol. The van der Waals surface area contributed by atoms with Crippen LogP contribution >= 0.6 is 0 Å². The number of aryl methyl sites for hydroxylation is 2. The Kier molecular flexibility index (Phi) is 4.02. The van der Waals surface area contributed by atoms with Crippen molar-refractivity contribution in [1.82, 2.24) is 14.0 Å². The molecule has 0 bridgehead atoms. The van der Waals surface area contributed by atoms with Crippen LogP contribution in [-0.4, -0.2) is 36.5 Å². The summed E-state index contributed by atoms with van der Waals surface area (Å²) in [6, 6.07) is 2.55. The quantitative estimate of drug-likeness (QED) is 0.832. The molecule has 7 nitrogen and oxygen atoms in total. The standard InChI is InChI=1S/C13H17N3O4S/c1-9-12(10(2)20-14-9)8-16-7-11(5-6-13(16)17)21(18,19)15(3)4/h5-7H,8H2,1-4H3. The summed E-state index contributed by atoms with van der Waals surface area (Å²) in [6.45, 7) is 3.74. The third kappa shape index (κ3) is 2.91. The fourth-order valence-electron chi connectivity index (χ4n) is 1.89. The zero-order valence-corrected chi connectivity index (χ0v) is 13.1. The van der Waals surface area contributed by atoms with Gasteiger partial charge in [0.2, 0.25) is 10.0 Å². The smallest absolute Gasteiger partial charge is 0.250 e. The normalized spacial score (nSPS) is 12.0. The van der Waals surface area contributed by atoms with Crippen molar-refractivity contribution in [2.75, 3.05) is 14.1 Å². The molecule has 0 saturated heterocycles. The number of hydrogen-bond acceptors (Lipinski definition) is 5. The molecule has 0 amide bonds. The van der Waals surface area contributed by atoms with Crippen LogP contribution in [0.5, 0.6) is 0 Å². The Bertz CT molecular complexity index is 799. The first-order valence-corrected chi connectivity index (χ1v) is 7.72. The van der Waals surface area contributed by atoms with Gasteiger partial charge >= 0.3 is 0 Å². The zero-order valence-electron chi connectivity index (χ0n) is 12.3. The zero-order chi connectivity index (χ0) is 15.8. The topological polar surface area (TPSA) is 85.4 Å². The maximum absolute atomic E-state index is 12.1. The van der Waals surface area contributed by atoms with E-state index in [4.69, 9.17) is 4.52 Å². The van der Waals surface area contributed by atoms with Gasteiger partial charge in [0.25, 0.3) is 5.56 Å². The van der Waals surface area contributed by atoms with Crippen LogP contribution in [0.4, 0.5) is 0 Å². The largest absolute Gasteiger partial charge is 0.361 e. The Morgan fingerprint density at radius 2 is 1.95 bits per heavy atom. The molecule has 8 heteroatoms. The molecule has 21 heavy (non-hydrogen) atoms. The Balaban J connectivity index is 2.49. The third-order valence-electron chi connectivity index (χ3n) is 3.24. The molecule has 2 aromatic rings. The van der Waals surface area contributed by atoms with E-state index in [9.17, 15) is 13.2 Å². The van der Waals surface area contributed by atoms with Crippen LogP contribution < -0.4 is 5.56 Å². The Labute approximate surface area is 122 Å². The first-order valence-electron chi connectivity index (χ1n) is 6.28. The van der Waals surface area contributed by atoms with Crippen molar-refractivity contribution in [3.8, 4) is 0 Å². The van der Waals surface area contributed by atoms with Crippen LogP contribution in [0.15, 0.2) is 32.5 Å². The molecule has 114 valence electrons. The SMILES string of the molecule is Cc1noc(C)c1Cn1cc(S(=O)(=O)N(C)C)ccc1=O. The summed E-state index contributed by atoms with van der Waals surface area (Å²) >= 11 is 0. The highest BCUT2D eigenvalue weighted by molar-refractivity contribution is 7.89. The van der Waals surface area contributed by atoms with Crippen LogP contribution in [-0.2, 0) is 16.6 Å². The van der Waals surface area contributed by atoms with E-state index in [0.29, 0.717) is 11.5 Å². The van der Waals surface area contributed by atoms with Crippen molar-refractivity contribution >= 4 is 10.0 Å². The van der Waals surface area contributed by atoms with Crippen LogP contribution in [0.25, 0.3) is 0 Å². The molecular weight excluding hydrogens is 294 g/mol. The molecule has 0 unspecified atom stereocenters. The van der Waals surface area contributed by atoms with Crippen molar-refractivity contribution in [2.45, 2.75) is 25.3 Å². The Morgan fingerprint density at radius 1 is 1.29 bits per heavy atom. The summed E-state index contributed by atoms with van der Waals surface area (Å²) in [6.07, 6.45) is 1.34. The average molecular weight is 311 g/mol. The van der Waals surface area contributed by atoms with Crippen molar-refractivity contribution < 1.29 is 12.9 Å². The molecule has 0 aliphatic carbocycles. The molecule has 2 aromatic heterocycles. The summed E-state index contributed by atoms with van der Waals surface area (Å²) in [5.41, 5.74) is 1.17. The van der Waals surface area contributed by atoms with Crippen molar-refractivity contribution in [3.63, 3.8) is 0 Å². The van der Waals surface area contributed by atoms with Gasteiger partial charge in [-0.05, 0) is 19.9 Å². The van der Waals surface area contributed by atoms with Gasteiger partial charge in [-0.2, -0.15) is 0 Å². The van der Waals surface area contributed by atoms with Gasteiger partial charge in [-0.1, -0.05) is 5.16 Å². The highest BCUT2D eigenvalue weighted by Crippen LogP contribution is 2.15. The molecular formula is C13H17N3O4S. The number of nitrogens with zero attached hydrogens (tertiary/aromatic N) is 3. The summed E-state index contributed by atoms with van der Waals surface area (Å²) < 4.78 is 31.7. The van der Waals surface area contributed by atoms with E-state index < -0.39 is 10.0 Å². The maximum atomic E-state index is 12.1. The number of pyridine rings is 1. The van der Waals surface area contributed by atoms with E-state index in [1.807, 2.05) is 0 Å². The van der Waals surface area contributed by atoms with Crippen molar-refractivity contribution in [3.05, 3.63) is 45.7 Å². The summed E-state index contributed by atoms with van der Waals surface area (Å²) in [5, 5.41) is 3.82. The molecule has 0 fully saturated rings. The predicted octanol–water partition coefficient (Wildman–Crippen LogP) is 0.752. The molecule has 2 heterocycles. The molecule has 0 N–H and O–H groups in total. The lowest BCUT2D eigenvalue weighted by molar-refractivity contribution is 0.392.